The Bertz CT molecular complexity index is 641. The van der Waals surface area contributed by atoms with Gasteiger partial charge < -0.3 is 11.1 Å². The molecule has 0 bridgehead atoms. The molecule has 110 valence electrons. The van der Waals surface area contributed by atoms with Crippen LogP contribution in [0.1, 0.15) is 22.8 Å². The van der Waals surface area contributed by atoms with E-state index in [4.69, 9.17) is 28.9 Å². The molecule has 3 N–H and O–H groups in total. The fraction of sp³-hybridized carbons (Fsp3) is 0.188. The Balaban J connectivity index is 1.98. The standard InChI is InChI=1S/C16H16Cl2N2O/c1-10(8-11-2-5-13(17)6-3-11)20-16(21)12-4-7-15(19)14(18)9-12/h2-7,9-10H,8,19H2,1H3,(H,20,21). The SMILES string of the molecule is CC(Cc1ccc(Cl)cc1)NC(=O)c1ccc(N)c(Cl)c1. The molecule has 0 radical (unpaired) electrons. The normalized spacial score (nSPS) is 12.0. The number of anilines is 1. The highest BCUT2D eigenvalue weighted by Crippen LogP contribution is 2.19. The van der Waals surface area contributed by atoms with Gasteiger partial charge in [0.25, 0.3) is 5.91 Å². The summed E-state index contributed by atoms with van der Waals surface area (Å²) < 4.78 is 0. The number of halogens is 2. The third-order valence-corrected chi connectivity index (χ3v) is 3.67. The second-order valence-electron chi connectivity index (χ2n) is 4.94. The number of nitrogen functional groups attached to an aromatic ring is 1. The molecule has 0 aliphatic rings. The van der Waals surface area contributed by atoms with E-state index in [0.717, 1.165) is 12.0 Å². The van der Waals surface area contributed by atoms with Gasteiger partial charge in [-0.25, -0.2) is 0 Å². The lowest BCUT2D eigenvalue weighted by atomic mass is 10.1. The molecule has 0 saturated heterocycles. The second-order valence-corrected chi connectivity index (χ2v) is 5.79. The molecule has 1 unspecified atom stereocenters. The van der Waals surface area contributed by atoms with E-state index in [1.165, 1.54) is 0 Å². The van der Waals surface area contributed by atoms with Gasteiger partial charge >= 0.3 is 0 Å². The number of nitrogens with one attached hydrogen (secondary N) is 1. The number of hydrogen-bond acceptors (Lipinski definition) is 2. The fourth-order valence-electron chi connectivity index (χ4n) is 2.00. The zero-order valence-corrected chi connectivity index (χ0v) is 13.1. The van der Waals surface area contributed by atoms with Gasteiger partial charge in [-0.15, -0.1) is 0 Å². The smallest absolute Gasteiger partial charge is 0.251 e. The molecule has 0 aromatic heterocycles. The molecule has 21 heavy (non-hydrogen) atoms. The highest BCUT2D eigenvalue weighted by molar-refractivity contribution is 6.33. The lowest BCUT2D eigenvalue weighted by Crippen LogP contribution is -2.34. The Morgan fingerprint density at radius 2 is 1.86 bits per heavy atom. The monoisotopic (exact) mass is 322 g/mol. The van der Waals surface area contributed by atoms with Crippen LogP contribution in [0.5, 0.6) is 0 Å². The predicted octanol–water partition coefficient (Wildman–Crippen LogP) is 3.94. The van der Waals surface area contributed by atoms with E-state index in [9.17, 15) is 4.79 Å². The van der Waals surface area contributed by atoms with Crippen LogP contribution in [-0.2, 0) is 6.42 Å². The van der Waals surface area contributed by atoms with Gasteiger partial charge in [0, 0.05) is 16.6 Å². The molecule has 2 aromatic rings. The Kier molecular flexibility index (Phi) is 5.10. The molecule has 3 nitrogen and oxygen atoms in total. The number of carbonyl (C=O) groups excluding carboxylic acids is 1. The minimum absolute atomic E-state index is 0.00463. The summed E-state index contributed by atoms with van der Waals surface area (Å²) in [6, 6.07) is 12.4. The van der Waals surface area contributed by atoms with Crippen molar-refractivity contribution in [2.75, 3.05) is 5.73 Å². The van der Waals surface area contributed by atoms with Crippen molar-refractivity contribution in [1.82, 2.24) is 5.32 Å². The Hall–Kier alpha value is -1.71. The summed E-state index contributed by atoms with van der Waals surface area (Å²) in [5, 5.41) is 4.02. The van der Waals surface area contributed by atoms with Crippen molar-refractivity contribution in [1.29, 1.82) is 0 Å². The van der Waals surface area contributed by atoms with Crippen LogP contribution < -0.4 is 11.1 Å². The molecule has 2 aromatic carbocycles. The van der Waals surface area contributed by atoms with E-state index in [0.29, 0.717) is 21.3 Å². The molecule has 1 amide bonds. The summed E-state index contributed by atoms with van der Waals surface area (Å²) in [6.45, 7) is 1.95. The minimum Gasteiger partial charge on any atom is -0.398 e. The maximum atomic E-state index is 12.1. The minimum atomic E-state index is -0.168. The third-order valence-electron chi connectivity index (χ3n) is 3.10. The number of amides is 1. The Morgan fingerprint density at radius 3 is 2.48 bits per heavy atom. The highest BCUT2D eigenvalue weighted by atomic mass is 35.5. The average molecular weight is 323 g/mol. The van der Waals surface area contributed by atoms with Crippen molar-refractivity contribution in [3.63, 3.8) is 0 Å². The van der Waals surface area contributed by atoms with Crippen molar-refractivity contribution in [3.8, 4) is 0 Å². The summed E-state index contributed by atoms with van der Waals surface area (Å²) in [6.07, 6.45) is 0.728. The molecular formula is C16H16Cl2N2O. The fourth-order valence-corrected chi connectivity index (χ4v) is 2.31. The van der Waals surface area contributed by atoms with Gasteiger partial charge in [0.05, 0.1) is 10.7 Å². The van der Waals surface area contributed by atoms with Crippen LogP contribution in [0.2, 0.25) is 10.0 Å². The van der Waals surface area contributed by atoms with Crippen molar-refractivity contribution >= 4 is 34.8 Å². The molecule has 0 heterocycles. The molecule has 0 saturated carbocycles. The number of carbonyl (C=O) groups is 1. The second kappa shape index (κ2) is 6.83. The van der Waals surface area contributed by atoms with E-state index < -0.39 is 0 Å². The van der Waals surface area contributed by atoms with Crippen LogP contribution in [-0.4, -0.2) is 11.9 Å². The largest absolute Gasteiger partial charge is 0.398 e. The van der Waals surface area contributed by atoms with Gasteiger partial charge in [-0.1, -0.05) is 35.3 Å². The van der Waals surface area contributed by atoms with Crippen molar-refractivity contribution < 1.29 is 4.79 Å². The molecule has 1 atom stereocenters. The summed E-state index contributed by atoms with van der Waals surface area (Å²) in [5.74, 6) is -0.168. The first-order chi connectivity index (χ1) is 9.95. The van der Waals surface area contributed by atoms with Gasteiger partial charge in [-0.05, 0) is 49.2 Å². The predicted molar refractivity (Wildman–Crippen MR) is 87.9 cm³/mol. The molecular weight excluding hydrogens is 307 g/mol. The zero-order valence-electron chi connectivity index (χ0n) is 11.6. The van der Waals surface area contributed by atoms with Crippen LogP contribution in [0.4, 0.5) is 5.69 Å². The molecule has 0 fully saturated rings. The number of rotatable bonds is 4. The summed E-state index contributed by atoms with van der Waals surface area (Å²) >= 11 is 11.8. The summed E-state index contributed by atoms with van der Waals surface area (Å²) in [5.41, 5.74) is 7.70. The lowest BCUT2D eigenvalue weighted by molar-refractivity contribution is 0.0940. The van der Waals surface area contributed by atoms with Crippen molar-refractivity contribution in [3.05, 3.63) is 63.6 Å². The molecule has 0 spiro atoms. The molecule has 0 aliphatic carbocycles. The van der Waals surface area contributed by atoms with Gasteiger partial charge in [-0.3, -0.25) is 4.79 Å². The number of benzene rings is 2. The van der Waals surface area contributed by atoms with Crippen LogP contribution in [0, 0.1) is 0 Å². The maximum absolute atomic E-state index is 12.1. The van der Waals surface area contributed by atoms with Crippen LogP contribution in [0.15, 0.2) is 42.5 Å². The van der Waals surface area contributed by atoms with Crippen LogP contribution in [0.3, 0.4) is 0 Å². The van der Waals surface area contributed by atoms with E-state index >= 15 is 0 Å². The maximum Gasteiger partial charge on any atom is 0.251 e. The first-order valence-corrected chi connectivity index (χ1v) is 7.31. The van der Waals surface area contributed by atoms with Gasteiger partial charge in [0.15, 0.2) is 0 Å². The summed E-state index contributed by atoms with van der Waals surface area (Å²) in [4.78, 5) is 12.1. The first kappa shape index (κ1) is 15.7. The quantitative estimate of drug-likeness (QED) is 0.838. The van der Waals surface area contributed by atoms with E-state index in [1.807, 2.05) is 31.2 Å². The van der Waals surface area contributed by atoms with E-state index in [2.05, 4.69) is 5.32 Å². The zero-order chi connectivity index (χ0) is 15.4. The molecule has 0 aliphatic heterocycles. The average Bonchev–Trinajstić information content (AvgIpc) is 2.44. The molecule has 5 heteroatoms. The summed E-state index contributed by atoms with van der Waals surface area (Å²) in [7, 11) is 0. The molecule has 2 rings (SSSR count). The van der Waals surface area contributed by atoms with Crippen molar-refractivity contribution in [2.24, 2.45) is 0 Å². The highest BCUT2D eigenvalue weighted by Gasteiger charge is 2.11. The van der Waals surface area contributed by atoms with Gasteiger partial charge in [0.2, 0.25) is 0 Å². The number of hydrogen-bond donors (Lipinski definition) is 2. The van der Waals surface area contributed by atoms with Gasteiger partial charge in [0.1, 0.15) is 0 Å². The van der Waals surface area contributed by atoms with Crippen molar-refractivity contribution in [2.45, 2.75) is 19.4 Å². The topological polar surface area (TPSA) is 55.1 Å². The Morgan fingerprint density at radius 1 is 1.19 bits per heavy atom. The van der Waals surface area contributed by atoms with Crippen LogP contribution >= 0.6 is 23.2 Å². The Labute approximate surface area is 134 Å². The van der Waals surface area contributed by atoms with E-state index in [1.54, 1.807) is 18.2 Å². The number of nitrogens with two attached hydrogens (primary N) is 1. The van der Waals surface area contributed by atoms with E-state index in [-0.39, 0.29) is 11.9 Å². The first-order valence-electron chi connectivity index (χ1n) is 6.56. The van der Waals surface area contributed by atoms with Gasteiger partial charge in [-0.2, -0.15) is 0 Å². The third kappa shape index (κ3) is 4.38. The lowest BCUT2D eigenvalue weighted by Gasteiger charge is -2.14. The van der Waals surface area contributed by atoms with Crippen LogP contribution in [0.25, 0.3) is 0 Å².